The summed E-state index contributed by atoms with van der Waals surface area (Å²) in [6, 6.07) is 7.60. The van der Waals surface area contributed by atoms with E-state index in [0.29, 0.717) is 22.3 Å². The molecule has 0 aliphatic carbocycles. The van der Waals surface area contributed by atoms with Crippen LogP contribution < -0.4 is 21.7 Å². The Kier molecular flexibility index (Phi) is 11.4. The number of nitrogens with zero attached hydrogens (tertiary/aromatic N) is 1. The van der Waals surface area contributed by atoms with Crippen LogP contribution in [0, 0.1) is 0 Å². The standard InChI is InChI=1S/C20H23Cl2N5O2.2ClH/c21-14-5-3-12(8-15(14)22)9-17(27-20(29)16-2-1-7-24-16)19(28)26-11-13-4-6-18(23)25-10-13;;/h3-6,8,10,16-17,24H,1-2,7,9,11H2,(H2,23,25)(H,26,28)(H,27,29);2*1H/t16-,17+;;/m1../s1. The van der Waals surface area contributed by atoms with E-state index >= 15 is 0 Å². The van der Waals surface area contributed by atoms with Crippen molar-refractivity contribution >= 4 is 65.6 Å². The normalized spacial score (nSPS) is 15.9. The maximum atomic E-state index is 12.8. The summed E-state index contributed by atoms with van der Waals surface area (Å²) in [5.41, 5.74) is 7.19. The van der Waals surface area contributed by atoms with Gasteiger partial charge in [-0.05, 0) is 48.7 Å². The van der Waals surface area contributed by atoms with Gasteiger partial charge in [-0.25, -0.2) is 4.98 Å². The Balaban J connectivity index is 0.00000240. The zero-order valence-corrected chi connectivity index (χ0v) is 19.7. The zero-order valence-electron chi connectivity index (χ0n) is 16.6. The summed E-state index contributed by atoms with van der Waals surface area (Å²) in [6.45, 7) is 1.08. The third kappa shape index (κ3) is 8.01. The van der Waals surface area contributed by atoms with Crippen molar-refractivity contribution < 1.29 is 9.59 Å². The predicted molar refractivity (Wildman–Crippen MR) is 128 cm³/mol. The molecule has 2 heterocycles. The van der Waals surface area contributed by atoms with Gasteiger partial charge in [0.1, 0.15) is 11.9 Å². The quantitative estimate of drug-likeness (QED) is 0.459. The molecule has 7 nitrogen and oxygen atoms in total. The first-order valence-electron chi connectivity index (χ1n) is 9.38. The van der Waals surface area contributed by atoms with Gasteiger partial charge in [0, 0.05) is 19.2 Å². The molecule has 1 aromatic carbocycles. The van der Waals surface area contributed by atoms with Crippen LogP contribution >= 0.6 is 48.0 Å². The number of benzene rings is 1. The molecule has 0 saturated carbocycles. The van der Waals surface area contributed by atoms with Crippen molar-refractivity contribution in [3.05, 3.63) is 57.7 Å². The molecule has 0 unspecified atom stereocenters. The summed E-state index contributed by atoms with van der Waals surface area (Å²) in [5, 5.41) is 9.69. The lowest BCUT2D eigenvalue weighted by Crippen LogP contribution is -2.52. The molecule has 170 valence electrons. The van der Waals surface area contributed by atoms with Gasteiger partial charge in [-0.3, -0.25) is 9.59 Å². The average Bonchev–Trinajstić information content (AvgIpc) is 3.24. The molecule has 0 radical (unpaired) electrons. The molecule has 0 spiro atoms. The molecule has 2 aromatic rings. The van der Waals surface area contributed by atoms with E-state index in [-0.39, 0.29) is 49.2 Å². The number of hydrogen-bond donors (Lipinski definition) is 4. The van der Waals surface area contributed by atoms with Gasteiger partial charge in [-0.15, -0.1) is 24.8 Å². The molecule has 1 aliphatic heterocycles. The largest absolute Gasteiger partial charge is 0.384 e. The third-order valence-electron chi connectivity index (χ3n) is 4.75. The highest BCUT2D eigenvalue weighted by atomic mass is 35.5. The fourth-order valence-corrected chi connectivity index (χ4v) is 3.47. The van der Waals surface area contributed by atoms with Crippen LogP contribution in [-0.2, 0) is 22.6 Å². The Bertz CT molecular complexity index is 876. The lowest BCUT2D eigenvalue weighted by molar-refractivity contribution is -0.129. The molecule has 1 aliphatic rings. The number of nitrogens with two attached hydrogens (primary N) is 1. The van der Waals surface area contributed by atoms with Crippen LogP contribution in [0.5, 0.6) is 0 Å². The van der Waals surface area contributed by atoms with E-state index in [0.717, 1.165) is 30.5 Å². The van der Waals surface area contributed by atoms with Crippen LogP contribution in [0.3, 0.4) is 0 Å². The van der Waals surface area contributed by atoms with Crippen molar-refractivity contribution in [1.29, 1.82) is 0 Å². The molecule has 1 saturated heterocycles. The van der Waals surface area contributed by atoms with Crippen LogP contribution in [0.25, 0.3) is 0 Å². The van der Waals surface area contributed by atoms with E-state index in [1.54, 1.807) is 36.5 Å². The Morgan fingerprint density at radius 3 is 2.52 bits per heavy atom. The lowest BCUT2D eigenvalue weighted by atomic mass is 10.0. The summed E-state index contributed by atoms with van der Waals surface area (Å²) in [6.07, 6.45) is 3.59. The van der Waals surface area contributed by atoms with E-state index < -0.39 is 6.04 Å². The highest BCUT2D eigenvalue weighted by molar-refractivity contribution is 6.42. The number of carbonyl (C=O) groups is 2. The molecular weight excluding hydrogens is 484 g/mol. The maximum Gasteiger partial charge on any atom is 0.243 e. The molecule has 2 amide bonds. The second-order valence-corrected chi connectivity index (χ2v) is 7.79. The van der Waals surface area contributed by atoms with E-state index in [2.05, 4.69) is 20.9 Å². The van der Waals surface area contributed by atoms with Crippen LogP contribution in [0.1, 0.15) is 24.0 Å². The molecule has 5 N–H and O–H groups in total. The number of anilines is 1. The molecule has 0 bridgehead atoms. The smallest absolute Gasteiger partial charge is 0.243 e. The van der Waals surface area contributed by atoms with Crippen molar-refractivity contribution in [3.63, 3.8) is 0 Å². The van der Waals surface area contributed by atoms with Gasteiger partial charge in [-0.1, -0.05) is 35.3 Å². The van der Waals surface area contributed by atoms with Gasteiger partial charge in [0.15, 0.2) is 0 Å². The number of pyridine rings is 1. The van der Waals surface area contributed by atoms with Crippen LogP contribution in [0.4, 0.5) is 5.82 Å². The molecular formula is C20H25Cl4N5O2. The number of rotatable bonds is 7. The molecule has 2 atom stereocenters. The molecule has 3 rings (SSSR count). The van der Waals surface area contributed by atoms with E-state index in [1.807, 2.05) is 0 Å². The number of hydrogen-bond acceptors (Lipinski definition) is 5. The van der Waals surface area contributed by atoms with Crippen LogP contribution in [0.15, 0.2) is 36.5 Å². The summed E-state index contributed by atoms with van der Waals surface area (Å²) >= 11 is 12.1. The lowest BCUT2D eigenvalue weighted by Gasteiger charge is -2.21. The monoisotopic (exact) mass is 507 g/mol. The second-order valence-electron chi connectivity index (χ2n) is 6.97. The van der Waals surface area contributed by atoms with E-state index in [9.17, 15) is 9.59 Å². The Morgan fingerprint density at radius 1 is 1.16 bits per heavy atom. The van der Waals surface area contributed by atoms with Gasteiger partial charge in [-0.2, -0.15) is 0 Å². The predicted octanol–water partition coefficient (Wildman–Crippen LogP) is 2.91. The number of halogens is 4. The van der Waals surface area contributed by atoms with Gasteiger partial charge < -0.3 is 21.7 Å². The first-order chi connectivity index (χ1) is 13.9. The number of carbonyl (C=O) groups excluding carboxylic acids is 2. The maximum absolute atomic E-state index is 12.8. The topological polar surface area (TPSA) is 109 Å². The highest BCUT2D eigenvalue weighted by Gasteiger charge is 2.27. The zero-order chi connectivity index (χ0) is 20.8. The number of amides is 2. The van der Waals surface area contributed by atoms with Gasteiger partial charge in [0.25, 0.3) is 0 Å². The molecule has 11 heteroatoms. The minimum absolute atomic E-state index is 0. The highest BCUT2D eigenvalue weighted by Crippen LogP contribution is 2.23. The first kappa shape index (κ1) is 27.3. The van der Waals surface area contributed by atoms with Gasteiger partial charge in [0.05, 0.1) is 16.1 Å². The molecule has 1 aromatic heterocycles. The second kappa shape index (κ2) is 12.9. The van der Waals surface area contributed by atoms with E-state index in [1.165, 1.54) is 0 Å². The van der Waals surface area contributed by atoms with Gasteiger partial charge in [0.2, 0.25) is 11.8 Å². The Hall–Kier alpha value is -1.77. The SMILES string of the molecule is Cl.Cl.Nc1ccc(CNC(=O)[C@H](Cc2ccc(Cl)c(Cl)c2)NC(=O)[C@H]2CCCN2)cn1. The summed E-state index contributed by atoms with van der Waals surface area (Å²) in [4.78, 5) is 29.4. The number of nitrogen functional groups attached to an aromatic ring is 1. The van der Waals surface area contributed by atoms with Crippen molar-refractivity contribution in [2.24, 2.45) is 0 Å². The Morgan fingerprint density at radius 2 is 1.90 bits per heavy atom. The van der Waals surface area contributed by atoms with Crippen molar-refractivity contribution in [2.45, 2.75) is 37.9 Å². The fraction of sp³-hybridized carbons (Fsp3) is 0.350. The van der Waals surface area contributed by atoms with Crippen LogP contribution in [0.2, 0.25) is 10.0 Å². The average molecular weight is 509 g/mol. The molecule has 31 heavy (non-hydrogen) atoms. The summed E-state index contributed by atoms with van der Waals surface area (Å²) in [5.74, 6) is -0.0648. The Labute approximate surface area is 203 Å². The fourth-order valence-electron chi connectivity index (χ4n) is 3.15. The minimum Gasteiger partial charge on any atom is -0.384 e. The van der Waals surface area contributed by atoms with Gasteiger partial charge >= 0.3 is 0 Å². The molecule has 1 fully saturated rings. The third-order valence-corrected chi connectivity index (χ3v) is 5.49. The van der Waals surface area contributed by atoms with Crippen molar-refractivity contribution in [3.8, 4) is 0 Å². The minimum atomic E-state index is -0.746. The number of aromatic nitrogens is 1. The first-order valence-corrected chi connectivity index (χ1v) is 10.1. The van der Waals surface area contributed by atoms with E-state index in [4.69, 9.17) is 28.9 Å². The summed E-state index contributed by atoms with van der Waals surface area (Å²) in [7, 11) is 0. The number of nitrogens with one attached hydrogen (secondary N) is 3. The van der Waals surface area contributed by atoms with Crippen LogP contribution in [-0.4, -0.2) is 35.4 Å². The summed E-state index contributed by atoms with van der Waals surface area (Å²) < 4.78 is 0. The van der Waals surface area contributed by atoms with Crippen molar-refractivity contribution in [2.75, 3.05) is 12.3 Å². The van der Waals surface area contributed by atoms with Crippen molar-refractivity contribution in [1.82, 2.24) is 20.9 Å².